The molecule has 2 atom stereocenters. The molecular weight excluding hydrogens is 462 g/mol. The molecule has 0 aliphatic carbocycles. The van der Waals surface area contributed by atoms with Crippen molar-refractivity contribution in [2.24, 2.45) is 0 Å². The van der Waals surface area contributed by atoms with E-state index in [1.807, 2.05) is 49.4 Å². The first-order valence-electron chi connectivity index (χ1n) is 8.68. The lowest BCUT2D eigenvalue weighted by Crippen LogP contribution is -2.39. The van der Waals surface area contributed by atoms with Crippen molar-refractivity contribution < 1.29 is 14.6 Å². The molecule has 1 N–H and O–H groups in total. The molecule has 1 fully saturated rings. The predicted octanol–water partition coefficient (Wildman–Crippen LogP) is 5.25. The van der Waals surface area contributed by atoms with E-state index in [1.165, 1.54) is 0 Å². The Morgan fingerprint density at radius 1 is 1.27 bits per heavy atom. The van der Waals surface area contributed by atoms with Crippen LogP contribution in [-0.4, -0.2) is 35.2 Å². The number of aliphatic carboxylic acids is 1. The SMILES string of the molecule is CCOc1ccc(Br)cc1C(c1ccccc1Br)N1CCCC1C(=O)O. The first-order valence-corrected chi connectivity index (χ1v) is 10.3. The van der Waals surface area contributed by atoms with Gasteiger partial charge in [-0.15, -0.1) is 0 Å². The van der Waals surface area contributed by atoms with Gasteiger partial charge in [0.15, 0.2) is 0 Å². The van der Waals surface area contributed by atoms with Crippen LogP contribution in [0, 0.1) is 0 Å². The van der Waals surface area contributed by atoms with Crippen LogP contribution < -0.4 is 4.74 Å². The van der Waals surface area contributed by atoms with Crippen LogP contribution >= 0.6 is 31.9 Å². The summed E-state index contributed by atoms with van der Waals surface area (Å²) in [5.74, 6) is 0.0139. The topological polar surface area (TPSA) is 49.8 Å². The number of rotatable bonds is 6. The summed E-state index contributed by atoms with van der Waals surface area (Å²) in [5, 5.41) is 9.73. The van der Waals surface area contributed by atoms with Crippen LogP contribution in [0.1, 0.15) is 36.9 Å². The van der Waals surface area contributed by atoms with Crippen LogP contribution in [-0.2, 0) is 4.79 Å². The fourth-order valence-corrected chi connectivity index (χ4v) is 4.49. The summed E-state index contributed by atoms with van der Waals surface area (Å²) in [6.07, 6.45) is 1.53. The lowest BCUT2D eigenvalue weighted by Gasteiger charge is -2.33. The second-order valence-electron chi connectivity index (χ2n) is 6.27. The first kappa shape index (κ1) is 19.4. The number of carboxylic acids is 1. The Labute approximate surface area is 170 Å². The molecular formula is C20H21Br2NO3. The molecule has 0 aromatic heterocycles. The summed E-state index contributed by atoms with van der Waals surface area (Å²) in [6, 6.07) is 13.2. The average Bonchev–Trinajstić information content (AvgIpc) is 3.09. The number of nitrogens with zero attached hydrogens (tertiary/aromatic N) is 1. The van der Waals surface area contributed by atoms with Gasteiger partial charge in [0.25, 0.3) is 0 Å². The summed E-state index contributed by atoms with van der Waals surface area (Å²) < 4.78 is 7.78. The number of benzene rings is 2. The van der Waals surface area contributed by atoms with Crippen molar-refractivity contribution in [3.05, 3.63) is 62.5 Å². The van der Waals surface area contributed by atoms with Crippen LogP contribution in [0.4, 0.5) is 0 Å². The highest BCUT2D eigenvalue weighted by atomic mass is 79.9. The number of ether oxygens (including phenoxy) is 1. The normalized spacial score (nSPS) is 18.7. The van der Waals surface area contributed by atoms with E-state index in [4.69, 9.17) is 4.74 Å². The molecule has 1 heterocycles. The third-order valence-corrected chi connectivity index (χ3v) is 5.89. The van der Waals surface area contributed by atoms with Crippen LogP contribution in [0.3, 0.4) is 0 Å². The van der Waals surface area contributed by atoms with E-state index >= 15 is 0 Å². The highest BCUT2D eigenvalue weighted by Gasteiger charge is 2.38. The standard InChI is InChI=1S/C20H21Br2NO3/c1-2-26-18-10-9-13(21)12-15(18)19(14-6-3-4-7-16(14)22)23-11-5-8-17(23)20(24)25/h3-4,6-7,9-10,12,17,19H,2,5,8,11H2,1H3,(H,24,25). The number of hydrogen-bond donors (Lipinski definition) is 1. The Kier molecular flexibility index (Phi) is 6.37. The Morgan fingerprint density at radius 2 is 2.04 bits per heavy atom. The molecule has 0 saturated carbocycles. The van der Waals surface area contributed by atoms with E-state index < -0.39 is 12.0 Å². The van der Waals surface area contributed by atoms with E-state index in [1.54, 1.807) is 0 Å². The van der Waals surface area contributed by atoms with Gasteiger partial charge in [0.05, 0.1) is 12.6 Å². The number of carbonyl (C=O) groups is 1. The maximum Gasteiger partial charge on any atom is 0.320 e. The Bertz CT molecular complexity index is 796. The van der Waals surface area contributed by atoms with Gasteiger partial charge in [0.1, 0.15) is 11.8 Å². The van der Waals surface area contributed by atoms with Gasteiger partial charge in [-0.3, -0.25) is 9.69 Å². The molecule has 2 unspecified atom stereocenters. The summed E-state index contributed by atoms with van der Waals surface area (Å²) in [5.41, 5.74) is 2.01. The number of hydrogen-bond acceptors (Lipinski definition) is 3. The molecule has 2 aromatic rings. The second-order valence-corrected chi connectivity index (χ2v) is 8.04. The maximum atomic E-state index is 11.8. The van der Waals surface area contributed by atoms with Crippen molar-refractivity contribution in [1.29, 1.82) is 0 Å². The molecule has 0 amide bonds. The van der Waals surface area contributed by atoms with Crippen LogP contribution in [0.2, 0.25) is 0 Å². The summed E-state index contributed by atoms with van der Waals surface area (Å²) in [4.78, 5) is 13.9. The van der Waals surface area contributed by atoms with Gasteiger partial charge in [0.2, 0.25) is 0 Å². The van der Waals surface area contributed by atoms with Gasteiger partial charge in [-0.25, -0.2) is 0 Å². The van der Waals surface area contributed by atoms with Gasteiger partial charge in [-0.1, -0.05) is 50.1 Å². The minimum absolute atomic E-state index is 0.201. The zero-order valence-corrected chi connectivity index (χ0v) is 17.7. The molecule has 3 rings (SSSR count). The van der Waals surface area contributed by atoms with E-state index in [9.17, 15) is 9.90 Å². The van der Waals surface area contributed by atoms with Gasteiger partial charge in [0, 0.05) is 21.1 Å². The predicted molar refractivity (Wildman–Crippen MR) is 109 cm³/mol. The lowest BCUT2D eigenvalue weighted by atomic mass is 9.95. The molecule has 4 nitrogen and oxygen atoms in total. The third kappa shape index (κ3) is 3.97. The zero-order chi connectivity index (χ0) is 18.7. The van der Waals surface area contributed by atoms with Gasteiger partial charge >= 0.3 is 5.97 Å². The van der Waals surface area contributed by atoms with Crippen molar-refractivity contribution in [2.75, 3.05) is 13.2 Å². The fraction of sp³-hybridized carbons (Fsp3) is 0.350. The molecule has 0 bridgehead atoms. The summed E-state index contributed by atoms with van der Waals surface area (Å²) in [6.45, 7) is 3.25. The van der Waals surface area contributed by atoms with Crippen molar-refractivity contribution in [1.82, 2.24) is 4.90 Å². The number of likely N-dealkylation sites (tertiary alicyclic amines) is 1. The quantitative estimate of drug-likeness (QED) is 0.610. The van der Waals surface area contributed by atoms with E-state index in [2.05, 4.69) is 36.8 Å². The lowest BCUT2D eigenvalue weighted by molar-refractivity contribution is -0.142. The Hall–Kier alpha value is -1.37. The van der Waals surface area contributed by atoms with Gasteiger partial charge < -0.3 is 9.84 Å². The molecule has 6 heteroatoms. The van der Waals surface area contributed by atoms with Crippen molar-refractivity contribution >= 4 is 37.8 Å². The van der Waals surface area contributed by atoms with E-state index in [-0.39, 0.29) is 6.04 Å². The smallest absolute Gasteiger partial charge is 0.320 e. The molecule has 1 aliphatic heterocycles. The van der Waals surface area contributed by atoms with E-state index in [0.717, 1.165) is 38.8 Å². The highest BCUT2D eigenvalue weighted by molar-refractivity contribution is 9.10. The van der Waals surface area contributed by atoms with Crippen molar-refractivity contribution in [3.63, 3.8) is 0 Å². The minimum Gasteiger partial charge on any atom is -0.494 e. The number of carboxylic acid groups (broad SMARTS) is 1. The molecule has 2 aromatic carbocycles. The second kappa shape index (κ2) is 8.55. The first-order chi connectivity index (χ1) is 12.5. The summed E-state index contributed by atoms with van der Waals surface area (Å²) in [7, 11) is 0. The molecule has 0 spiro atoms. The monoisotopic (exact) mass is 481 g/mol. The maximum absolute atomic E-state index is 11.8. The third-order valence-electron chi connectivity index (χ3n) is 4.68. The van der Waals surface area contributed by atoms with Gasteiger partial charge in [-0.2, -0.15) is 0 Å². The summed E-state index contributed by atoms with van der Waals surface area (Å²) >= 11 is 7.21. The van der Waals surface area contributed by atoms with Crippen molar-refractivity contribution in [3.8, 4) is 5.75 Å². The molecule has 0 radical (unpaired) electrons. The average molecular weight is 483 g/mol. The molecule has 138 valence electrons. The van der Waals surface area contributed by atoms with Crippen molar-refractivity contribution in [2.45, 2.75) is 31.8 Å². The number of halogens is 2. The molecule has 1 saturated heterocycles. The van der Waals surface area contributed by atoms with Gasteiger partial charge in [-0.05, 0) is 49.6 Å². The minimum atomic E-state index is -0.771. The van der Waals surface area contributed by atoms with Crippen LogP contribution in [0.25, 0.3) is 0 Å². The van der Waals surface area contributed by atoms with Crippen LogP contribution in [0.15, 0.2) is 51.4 Å². The molecule has 26 heavy (non-hydrogen) atoms. The fourth-order valence-electron chi connectivity index (χ4n) is 3.60. The molecule has 1 aliphatic rings. The Morgan fingerprint density at radius 3 is 2.73 bits per heavy atom. The van der Waals surface area contributed by atoms with E-state index in [0.29, 0.717) is 13.0 Å². The highest BCUT2D eigenvalue weighted by Crippen LogP contribution is 2.42. The Balaban J connectivity index is 2.18. The van der Waals surface area contributed by atoms with Crippen LogP contribution in [0.5, 0.6) is 5.75 Å². The largest absolute Gasteiger partial charge is 0.494 e. The zero-order valence-electron chi connectivity index (χ0n) is 14.5.